The highest BCUT2D eigenvalue weighted by Gasteiger charge is 2.03. The fraction of sp³-hybridized carbons (Fsp3) is 0.200. The molecule has 0 bridgehead atoms. The van der Waals surface area contributed by atoms with Crippen LogP contribution in [0.25, 0.3) is 0 Å². The second-order valence-corrected chi connectivity index (χ2v) is 4.00. The smallest absolute Gasteiger partial charge is 0.195 e. The van der Waals surface area contributed by atoms with E-state index in [0.29, 0.717) is 10.3 Å². The summed E-state index contributed by atoms with van der Waals surface area (Å²) in [6.45, 7) is 3.90. The number of aromatic nitrogens is 4. The highest BCUT2D eigenvalue weighted by molar-refractivity contribution is 7.99. The predicted octanol–water partition coefficient (Wildman–Crippen LogP) is 2.03. The van der Waals surface area contributed by atoms with E-state index in [9.17, 15) is 0 Å². The first-order chi connectivity index (χ1) is 7.24. The normalized spacial score (nSPS) is 10.3. The van der Waals surface area contributed by atoms with Crippen molar-refractivity contribution in [3.8, 4) is 0 Å². The number of hydrogen-bond acceptors (Lipinski definition) is 5. The van der Waals surface area contributed by atoms with Crippen molar-refractivity contribution < 1.29 is 0 Å². The molecule has 2 heterocycles. The largest absolute Gasteiger partial charge is 0.231 e. The molecule has 0 aromatic carbocycles. The van der Waals surface area contributed by atoms with Gasteiger partial charge in [0.05, 0.1) is 0 Å². The molecule has 0 unspecified atom stereocenters. The van der Waals surface area contributed by atoms with Crippen LogP contribution in [0.3, 0.4) is 0 Å². The van der Waals surface area contributed by atoms with Crippen molar-refractivity contribution in [1.29, 1.82) is 0 Å². The molecule has 2 aromatic rings. The van der Waals surface area contributed by atoms with E-state index >= 15 is 0 Å². The molecule has 15 heavy (non-hydrogen) atoms. The van der Waals surface area contributed by atoms with Gasteiger partial charge in [-0.3, -0.25) is 0 Å². The Morgan fingerprint density at radius 2 is 1.53 bits per heavy atom. The Hall–Kier alpha value is -1.49. The number of rotatable bonds is 2. The van der Waals surface area contributed by atoms with Crippen LogP contribution in [0.15, 0.2) is 34.8 Å². The molecule has 2 aromatic heterocycles. The Morgan fingerprint density at radius 1 is 0.933 bits per heavy atom. The zero-order valence-electron chi connectivity index (χ0n) is 8.51. The van der Waals surface area contributed by atoms with Gasteiger partial charge in [0.15, 0.2) is 10.3 Å². The van der Waals surface area contributed by atoms with Gasteiger partial charge in [0.2, 0.25) is 0 Å². The summed E-state index contributed by atoms with van der Waals surface area (Å²) in [6.07, 6.45) is 3.41. The Morgan fingerprint density at radius 3 is 2.13 bits per heavy atom. The van der Waals surface area contributed by atoms with Gasteiger partial charge in [0.1, 0.15) is 0 Å². The van der Waals surface area contributed by atoms with Crippen molar-refractivity contribution in [1.82, 2.24) is 19.9 Å². The molecule has 4 nitrogen and oxygen atoms in total. The fourth-order valence-corrected chi connectivity index (χ4v) is 1.93. The molecule has 0 radical (unpaired) electrons. The average molecular weight is 218 g/mol. The minimum absolute atomic E-state index is 0.669. The molecule has 76 valence electrons. The summed E-state index contributed by atoms with van der Waals surface area (Å²) in [5, 5.41) is 1.36. The molecule has 0 saturated heterocycles. The summed E-state index contributed by atoms with van der Waals surface area (Å²) in [6, 6.07) is 3.72. The lowest BCUT2D eigenvalue weighted by Crippen LogP contribution is -1.93. The second kappa shape index (κ2) is 4.35. The van der Waals surface area contributed by atoms with Crippen LogP contribution < -0.4 is 0 Å². The average Bonchev–Trinajstić information content (AvgIpc) is 2.17. The predicted molar refractivity (Wildman–Crippen MR) is 57.7 cm³/mol. The summed E-state index contributed by atoms with van der Waals surface area (Å²) in [5.74, 6) is 0. The Bertz CT molecular complexity index is 438. The summed E-state index contributed by atoms with van der Waals surface area (Å²) < 4.78 is 0. The summed E-state index contributed by atoms with van der Waals surface area (Å²) in [7, 11) is 0. The van der Waals surface area contributed by atoms with Crippen LogP contribution in [0.5, 0.6) is 0 Å². The topological polar surface area (TPSA) is 51.6 Å². The van der Waals surface area contributed by atoms with Crippen molar-refractivity contribution in [2.45, 2.75) is 24.2 Å². The third kappa shape index (κ3) is 2.73. The van der Waals surface area contributed by atoms with Crippen LogP contribution >= 0.6 is 11.8 Å². The standard InChI is InChI=1S/C10H10N4S/c1-7-6-8(2)14-10(13-7)15-9-11-4-3-5-12-9/h3-6H,1-2H3. The Labute approximate surface area is 92.2 Å². The van der Waals surface area contributed by atoms with Crippen LogP contribution in [0.1, 0.15) is 11.4 Å². The van der Waals surface area contributed by atoms with Gasteiger partial charge in [-0.15, -0.1) is 0 Å². The number of aryl methyl sites for hydroxylation is 2. The van der Waals surface area contributed by atoms with E-state index < -0.39 is 0 Å². The monoisotopic (exact) mass is 218 g/mol. The van der Waals surface area contributed by atoms with Crippen molar-refractivity contribution in [3.63, 3.8) is 0 Å². The van der Waals surface area contributed by atoms with Crippen molar-refractivity contribution in [3.05, 3.63) is 35.9 Å². The van der Waals surface area contributed by atoms with Crippen molar-refractivity contribution in [2.75, 3.05) is 0 Å². The van der Waals surface area contributed by atoms with Gasteiger partial charge in [-0.2, -0.15) is 0 Å². The Kier molecular flexibility index (Phi) is 2.91. The molecule has 0 saturated carbocycles. The molecule has 0 fully saturated rings. The molecule has 0 aliphatic rings. The third-order valence-corrected chi connectivity index (χ3v) is 2.44. The van der Waals surface area contributed by atoms with E-state index in [1.807, 2.05) is 19.9 Å². The van der Waals surface area contributed by atoms with Gasteiger partial charge >= 0.3 is 0 Å². The number of hydrogen-bond donors (Lipinski definition) is 0. The maximum atomic E-state index is 4.30. The van der Waals surface area contributed by atoms with E-state index in [1.165, 1.54) is 11.8 Å². The second-order valence-electron chi connectivity index (χ2n) is 3.07. The summed E-state index contributed by atoms with van der Waals surface area (Å²) in [4.78, 5) is 16.8. The zero-order valence-corrected chi connectivity index (χ0v) is 9.32. The molecule has 0 N–H and O–H groups in total. The molecule has 0 aliphatic heterocycles. The molecule has 0 amide bonds. The molecular weight excluding hydrogens is 208 g/mol. The van der Waals surface area contributed by atoms with Crippen LogP contribution in [-0.4, -0.2) is 19.9 Å². The molecule has 0 aliphatic carbocycles. The third-order valence-electron chi connectivity index (χ3n) is 1.69. The highest BCUT2D eigenvalue weighted by atomic mass is 32.2. The van der Waals surface area contributed by atoms with Gasteiger partial charge in [-0.25, -0.2) is 19.9 Å². The van der Waals surface area contributed by atoms with E-state index in [1.54, 1.807) is 18.5 Å². The Balaban J connectivity index is 2.25. The first-order valence-corrected chi connectivity index (χ1v) is 5.33. The van der Waals surface area contributed by atoms with Crippen LogP contribution in [0.2, 0.25) is 0 Å². The first-order valence-electron chi connectivity index (χ1n) is 4.51. The van der Waals surface area contributed by atoms with Gasteiger partial charge in [-0.1, -0.05) is 0 Å². The quantitative estimate of drug-likeness (QED) is 0.722. The van der Waals surface area contributed by atoms with Crippen LogP contribution in [0, 0.1) is 13.8 Å². The molecular formula is C10H10N4S. The van der Waals surface area contributed by atoms with Crippen molar-refractivity contribution >= 4 is 11.8 Å². The SMILES string of the molecule is Cc1cc(C)nc(Sc2ncccn2)n1. The van der Waals surface area contributed by atoms with Crippen LogP contribution in [-0.2, 0) is 0 Å². The fourth-order valence-electron chi connectivity index (χ4n) is 1.16. The lowest BCUT2D eigenvalue weighted by molar-refractivity contribution is 0.886. The highest BCUT2D eigenvalue weighted by Crippen LogP contribution is 2.20. The summed E-state index contributed by atoms with van der Waals surface area (Å²) >= 11 is 1.37. The molecule has 5 heteroatoms. The number of nitrogens with zero attached hydrogens (tertiary/aromatic N) is 4. The lowest BCUT2D eigenvalue weighted by atomic mass is 10.4. The maximum Gasteiger partial charge on any atom is 0.195 e. The van der Waals surface area contributed by atoms with Gasteiger partial charge < -0.3 is 0 Å². The first kappa shape index (κ1) is 10.0. The minimum atomic E-state index is 0.669. The summed E-state index contributed by atoms with van der Waals surface area (Å²) in [5.41, 5.74) is 1.92. The molecule has 2 rings (SSSR count). The zero-order chi connectivity index (χ0) is 10.7. The van der Waals surface area contributed by atoms with E-state index in [4.69, 9.17) is 0 Å². The molecule has 0 atom stereocenters. The van der Waals surface area contributed by atoms with E-state index in [-0.39, 0.29) is 0 Å². The van der Waals surface area contributed by atoms with Gasteiger partial charge in [0.25, 0.3) is 0 Å². The lowest BCUT2D eigenvalue weighted by Gasteiger charge is -2.00. The maximum absolute atomic E-state index is 4.30. The van der Waals surface area contributed by atoms with E-state index in [0.717, 1.165) is 11.4 Å². The van der Waals surface area contributed by atoms with Gasteiger partial charge in [-0.05, 0) is 37.7 Å². The minimum Gasteiger partial charge on any atom is -0.231 e. The van der Waals surface area contributed by atoms with Gasteiger partial charge in [0, 0.05) is 23.8 Å². The molecule has 0 spiro atoms. The van der Waals surface area contributed by atoms with E-state index in [2.05, 4.69) is 19.9 Å². The van der Waals surface area contributed by atoms with Crippen LogP contribution in [0.4, 0.5) is 0 Å². The van der Waals surface area contributed by atoms with Crippen molar-refractivity contribution in [2.24, 2.45) is 0 Å².